The van der Waals surface area contributed by atoms with Gasteiger partial charge < -0.3 is 5.11 Å². The monoisotopic (exact) mass is 218 g/mol. The predicted molar refractivity (Wildman–Crippen MR) is 62.2 cm³/mol. The predicted octanol–water partition coefficient (Wildman–Crippen LogP) is 1.74. The summed E-state index contributed by atoms with van der Waals surface area (Å²) in [6, 6.07) is 6.73. The van der Waals surface area contributed by atoms with Gasteiger partial charge >= 0.3 is 0 Å². The molecule has 0 spiro atoms. The van der Waals surface area contributed by atoms with E-state index in [0.29, 0.717) is 0 Å². The van der Waals surface area contributed by atoms with Gasteiger partial charge in [0.15, 0.2) is 0 Å². The van der Waals surface area contributed by atoms with Crippen LogP contribution in [0.4, 0.5) is 0 Å². The lowest BCUT2D eigenvalue weighted by molar-refractivity contribution is 0.475. The summed E-state index contributed by atoms with van der Waals surface area (Å²) in [5, 5.41) is 12.0. The van der Waals surface area contributed by atoms with Gasteiger partial charge in [0.25, 0.3) is 5.56 Å². The number of rotatable bonds is 2. The van der Waals surface area contributed by atoms with Crippen LogP contribution in [0, 0.1) is 6.92 Å². The summed E-state index contributed by atoms with van der Waals surface area (Å²) in [5.41, 5.74) is 2.50. The minimum Gasteiger partial charge on any atom is -0.508 e. The Kier molecular flexibility index (Phi) is 2.56. The molecule has 0 amide bonds. The molecular weight excluding hydrogens is 204 g/mol. The van der Waals surface area contributed by atoms with Gasteiger partial charge in [0.1, 0.15) is 5.75 Å². The number of aromatic amines is 1. The second-order valence-electron chi connectivity index (χ2n) is 3.72. The molecule has 1 heterocycles. The molecule has 0 saturated carbocycles. The highest BCUT2D eigenvalue weighted by atomic mass is 16.3. The summed E-state index contributed by atoms with van der Waals surface area (Å²) in [5.74, 6) is 0.216. The highest BCUT2D eigenvalue weighted by molar-refractivity contribution is 5.38. The Bertz CT molecular complexity index is 549. The van der Waals surface area contributed by atoms with E-state index < -0.39 is 0 Å². The van der Waals surface area contributed by atoms with Crippen molar-refractivity contribution in [2.75, 3.05) is 0 Å². The Hall–Kier alpha value is -1.97. The maximum absolute atomic E-state index is 11.5. The van der Waals surface area contributed by atoms with Gasteiger partial charge in [0, 0.05) is 11.3 Å². The van der Waals surface area contributed by atoms with Crippen LogP contribution in [0.3, 0.4) is 0 Å². The number of aromatic hydroxyl groups is 1. The minimum atomic E-state index is -0.0649. The number of benzene rings is 1. The molecule has 0 bridgehead atoms. The van der Waals surface area contributed by atoms with E-state index in [0.717, 1.165) is 23.4 Å². The first kappa shape index (κ1) is 10.5. The highest BCUT2D eigenvalue weighted by Crippen LogP contribution is 2.15. The van der Waals surface area contributed by atoms with Crippen molar-refractivity contribution in [2.45, 2.75) is 20.3 Å². The molecule has 0 aliphatic rings. The second-order valence-corrected chi connectivity index (χ2v) is 3.72. The van der Waals surface area contributed by atoms with Crippen molar-refractivity contribution in [3.05, 3.63) is 45.9 Å². The van der Waals surface area contributed by atoms with Gasteiger partial charge in [-0.15, -0.1) is 0 Å². The fraction of sp³-hybridized carbons (Fsp3) is 0.250. The molecule has 84 valence electrons. The SMILES string of the molecule is CCc1c(C)c(=O)[nH]n1-c1ccc(O)cc1. The van der Waals surface area contributed by atoms with Crippen molar-refractivity contribution >= 4 is 0 Å². The van der Waals surface area contributed by atoms with Crippen LogP contribution < -0.4 is 5.56 Å². The molecule has 0 radical (unpaired) electrons. The van der Waals surface area contributed by atoms with Gasteiger partial charge in [-0.2, -0.15) is 0 Å². The van der Waals surface area contributed by atoms with E-state index in [9.17, 15) is 9.90 Å². The fourth-order valence-corrected chi connectivity index (χ4v) is 1.80. The van der Waals surface area contributed by atoms with Crippen molar-refractivity contribution in [2.24, 2.45) is 0 Å². The lowest BCUT2D eigenvalue weighted by Gasteiger charge is -2.07. The molecule has 1 aromatic carbocycles. The smallest absolute Gasteiger partial charge is 0.267 e. The normalized spacial score (nSPS) is 10.6. The first-order valence-corrected chi connectivity index (χ1v) is 5.23. The molecule has 4 nitrogen and oxygen atoms in total. The van der Waals surface area contributed by atoms with Crippen LogP contribution in [-0.4, -0.2) is 14.9 Å². The summed E-state index contributed by atoms with van der Waals surface area (Å²) in [6.45, 7) is 3.82. The molecule has 2 aromatic rings. The number of phenolic OH excluding ortho intramolecular Hbond substituents is 1. The number of hydrogen-bond acceptors (Lipinski definition) is 2. The zero-order valence-corrected chi connectivity index (χ0v) is 9.32. The summed E-state index contributed by atoms with van der Waals surface area (Å²) in [4.78, 5) is 11.5. The van der Waals surface area contributed by atoms with Crippen LogP contribution in [0.25, 0.3) is 5.69 Å². The van der Waals surface area contributed by atoms with Crippen LogP contribution in [-0.2, 0) is 6.42 Å². The number of H-pyrrole nitrogens is 1. The molecule has 0 aliphatic heterocycles. The number of phenols is 1. The van der Waals surface area contributed by atoms with Crippen molar-refractivity contribution in [1.82, 2.24) is 9.78 Å². The van der Waals surface area contributed by atoms with Crippen LogP contribution in [0.2, 0.25) is 0 Å². The third kappa shape index (κ3) is 1.62. The fourth-order valence-electron chi connectivity index (χ4n) is 1.80. The second kappa shape index (κ2) is 3.89. The molecule has 0 fully saturated rings. The molecule has 0 atom stereocenters. The molecule has 2 rings (SSSR count). The molecule has 16 heavy (non-hydrogen) atoms. The van der Waals surface area contributed by atoms with Gasteiger partial charge in [0.2, 0.25) is 0 Å². The number of nitrogens with zero attached hydrogens (tertiary/aromatic N) is 1. The Morgan fingerprint density at radius 2 is 1.94 bits per heavy atom. The van der Waals surface area contributed by atoms with Gasteiger partial charge in [-0.3, -0.25) is 14.6 Å². The topological polar surface area (TPSA) is 58.0 Å². The van der Waals surface area contributed by atoms with Crippen molar-refractivity contribution < 1.29 is 5.11 Å². The number of hydrogen-bond donors (Lipinski definition) is 2. The summed E-state index contributed by atoms with van der Waals surface area (Å²) >= 11 is 0. The third-order valence-electron chi connectivity index (χ3n) is 2.70. The zero-order chi connectivity index (χ0) is 11.7. The number of aromatic nitrogens is 2. The summed E-state index contributed by atoms with van der Waals surface area (Å²) in [6.07, 6.45) is 0.783. The largest absolute Gasteiger partial charge is 0.508 e. The lowest BCUT2D eigenvalue weighted by Crippen LogP contribution is -2.05. The van der Waals surface area contributed by atoms with E-state index in [1.165, 1.54) is 0 Å². The van der Waals surface area contributed by atoms with E-state index in [4.69, 9.17) is 0 Å². The molecule has 0 unspecified atom stereocenters. The molecule has 0 aliphatic carbocycles. The first-order chi connectivity index (χ1) is 7.63. The van der Waals surface area contributed by atoms with Crippen LogP contribution in [0.15, 0.2) is 29.1 Å². The molecule has 1 aromatic heterocycles. The number of nitrogens with one attached hydrogen (secondary N) is 1. The van der Waals surface area contributed by atoms with E-state index in [1.807, 2.05) is 13.8 Å². The van der Waals surface area contributed by atoms with Gasteiger partial charge in [-0.1, -0.05) is 6.92 Å². The zero-order valence-electron chi connectivity index (χ0n) is 9.32. The molecule has 2 N–H and O–H groups in total. The van der Waals surface area contributed by atoms with Crippen LogP contribution in [0.5, 0.6) is 5.75 Å². The third-order valence-corrected chi connectivity index (χ3v) is 2.70. The molecular formula is C12H14N2O2. The Morgan fingerprint density at radius 3 is 2.50 bits per heavy atom. The Labute approximate surface area is 93.1 Å². The average Bonchev–Trinajstić information content (AvgIpc) is 2.56. The van der Waals surface area contributed by atoms with Crippen molar-refractivity contribution in [3.8, 4) is 11.4 Å². The highest BCUT2D eigenvalue weighted by Gasteiger charge is 2.09. The van der Waals surface area contributed by atoms with Crippen LogP contribution in [0.1, 0.15) is 18.2 Å². The quantitative estimate of drug-likeness (QED) is 0.806. The van der Waals surface area contributed by atoms with E-state index in [-0.39, 0.29) is 11.3 Å². The van der Waals surface area contributed by atoms with Crippen molar-refractivity contribution in [3.63, 3.8) is 0 Å². The maximum Gasteiger partial charge on any atom is 0.267 e. The average molecular weight is 218 g/mol. The Balaban J connectivity index is 2.60. The minimum absolute atomic E-state index is 0.0649. The lowest BCUT2D eigenvalue weighted by atomic mass is 10.2. The van der Waals surface area contributed by atoms with E-state index in [1.54, 1.807) is 28.9 Å². The van der Waals surface area contributed by atoms with Gasteiger partial charge in [0.05, 0.1) is 5.69 Å². The van der Waals surface area contributed by atoms with Crippen LogP contribution >= 0.6 is 0 Å². The van der Waals surface area contributed by atoms with Crippen molar-refractivity contribution in [1.29, 1.82) is 0 Å². The molecule has 0 saturated heterocycles. The molecule has 4 heteroatoms. The van der Waals surface area contributed by atoms with E-state index >= 15 is 0 Å². The standard InChI is InChI=1S/C12H14N2O2/c1-3-11-8(2)12(16)13-14(11)9-4-6-10(15)7-5-9/h4-7,15H,3H2,1-2H3,(H,13,16). The van der Waals surface area contributed by atoms with E-state index in [2.05, 4.69) is 5.10 Å². The Morgan fingerprint density at radius 1 is 1.31 bits per heavy atom. The van der Waals surface area contributed by atoms with Gasteiger partial charge in [-0.25, -0.2) is 0 Å². The first-order valence-electron chi connectivity index (χ1n) is 5.23. The summed E-state index contributed by atoms with van der Waals surface area (Å²) < 4.78 is 1.76. The summed E-state index contributed by atoms with van der Waals surface area (Å²) in [7, 11) is 0. The van der Waals surface area contributed by atoms with Gasteiger partial charge in [-0.05, 0) is 37.6 Å². The maximum atomic E-state index is 11.5.